The summed E-state index contributed by atoms with van der Waals surface area (Å²) >= 11 is 0. The molecule has 1 aromatic heterocycles. The normalized spacial score (nSPS) is 10.2. The summed E-state index contributed by atoms with van der Waals surface area (Å²) in [6.45, 7) is 2.62. The van der Waals surface area contributed by atoms with Gasteiger partial charge in [0, 0.05) is 6.20 Å². The quantitative estimate of drug-likeness (QED) is 0.698. The lowest BCUT2D eigenvalue weighted by Gasteiger charge is -2.04. The van der Waals surface area contributed by atoms with Crippen molar-refractivity contribution < 1.29 is 4.74 Å². The largest absolute Gasteiger partial charge is 0.493 e. The maximum Gasteiger partial charge on any atom is 0.130 e. The van der Waals surface area contributed by atoms with E-state index >= 15 is 0 Å². The second kappa shape index (κ2) is 3.39. The molecule has 0 bridgehead atoms. The molecule has 0 atom stereocenters. The molecule has 13 heavy (non-hydrogen) atoms. The van der Waals surface area contributed by atoms with E-state index in [0.717, 1.165) is 16.7 Å². The molecule has 0 aliphatic heterocycles. The van der Waals surface area contributed by atoms with E-state index in [4.69, 9.17) is 4.74 Å². The number of fused-ring (bicyclic) bond motifs is 1. The van der Waals surface area contributed by atoms with Crippen LogP contribution in [-0.2, 0) is 0 Å². The molecule has 0 saturated carbocycles. The van der Waals surface area contributed by atoms with Gasteiger partial charge in [0.2, 0.25) is 0 Å². The average Bonchev–Trinajstić information content (AvgIpc) is 2.19. The zero-order chi connectivity index (χ0) is 9.10. The van der Waals surface area contributed by atoms with Gasteiger partial charge in [0.25, 0.3) is 0 Å². The van der Waals surface area contributed by atoms with Gasteiger partial charge in [-0.1, -0.05) is 6.07 Å². The van der Waals surface area contributed by atoms with Crippen LogP contribution in [0.2, 0.25) is 0 Å². The highest BCUT2D eigenvalue weighted by Gasteiger charge is 2.00. The fourth-order valence-electron chi connectivity index (χ4n) is 1.26. The summed E-state index contributed by atoms with van der Waals surface area (Å²) in [7, 11) is 0. The first kappa shape index (κ1) is 7.98. The molecular weight excluding hydrogens is 164 g/mol. The Morgan fingerprint density at radius 3 is 3.15 bits per heavy atom. The van der Waals surface area contributed by atoms with Crippen LogP contribution in [0.25, 0.3) is 10.9 Å². The Bertz CT molecular complexity index is 409. The lowest BCUT2D eigenvalue weighted by atomic mass is 10.2. The molecule has 1 aromatic carbocycles. The molecule has 3 nitrogen and oxygen atoms in total. The van der Waals surface area contributed by atoms with Crippen LogP contribution >= 0.6 is 0 Å². The van der Waals surface area contributed by atoms with Crippen molar-refractivity contribution >= 4 is 10.9 Å². The van der Waals surface area contributed by atoms with Crippen LogP contribution in [0.4, 0.5) is 0 Å². The van der Waals surface area contributed by atoms with Crippen molar-refractivity contribution in [3.05, 3.63) is 30.7 Å². The van der Waals surface area contributed by atoms with E-state index < -0.39 is 0 Å². The average molecular weight is 174 g/mol. The predicted molar refractivity (Wildman–Crippen MR) is 50.7 cm³/mol. The summed E-state index contributed by atoms with van der Waals surface area (Å²) in [6, 6.07) is 5.80. The Balaban J connectivity index is 2.61. The van der Waals surface area contributed by atoms with Crippen LogP contribution in [-0.4, -0.2) is 16.6 Å². The number of nitrogens with zero attached hydrogens (tertiary/aromatic N) is 2. The van der Waals surface area contributed by atoms with Crippen LogP contribution in [0.15, 0.2) is 30.7 Å². The van der Waals surface area contributed by atoms with Crippen LogP contribution in [0.5, 0.6) is 5.75 Å². The summed E-state index contributed by atoms with van der Waals surface area (Å²) in [4.78, 5) is 8.10. The van der Waals surface area contributed by atoms with Gasteiger partial charge in [-0.15, -0.1) is 0 Å². The maximum atomic E-state index is 5.44. The van der Waals surface area contributed by atoms with Crippen molar-refractivity contribution in [3.8, 4) is 5.75 Å². The fourth-order valence-corrected chi connectivity index (χ4v) is 1.26. The molecular formula is C10H10N2O. The Kier molecular flexibility index (Phi) is 2.08. The second-order valence-electron chi connectivity index (χ2n) is 2.64. The van der Waals surface area contributed by atoms with E-state index in [-0.39, 0.29) is 0 Å². The molecule has 66 valence electrons. The molecule has 0 spiro atoms. The SMILES string of the molecule is CCOc1cccc2ncncc12. The third-order valence-corrected chi connectivity index (χ3v) is 1.81. The summed E-state index contributed by atoms with van der Waals surface area (Å²) in [5, 5.41) is 0.965. The van der Waals surface area contributed by atoms with Crippen molar-refractivity contribution in [1.82, 2.24) is 9.97 Å². The number of hydrogen-bond donors (Lipinski definition) is 0. The number of rotatable bonds is 2. The first-order valence-corrected chi connectivity index (χ1v) is 4.23. The number of aromatic nitrogens is 2. The van der Waals surface area contributed by atoms with Crippen LogP contribution < -0.4 is 4.74 Å². The lowest BCUT2D eigenvalue weighted by molar-refractivity contribution is 0.344. The molecule has 0 fully saturated rings. The summed E-state index contributed by atoms with van der Waals surface area (Å²) in [5.41, 5.74) is 0.918. The van der Waals surface area contributed by atoms with Gasteiger partial charge in [-0.2, -0.15) is 0 Å². The Labute approximate surface area is 76.4 Å². The predicted octanol–water partition coefficient (Wildman–Crippen LogP) is 2.03. The molecule has 3 heteroatoms. The summed E-state index contributed by atoms with van der Waals surface area (Å²) in [5.74, 6) is 0.848. The number of ether oxygens (including phenoxy) is 1. The fraction of sp³-hybridized carbons (Fsp3) is 0.200. The van der Waals surface area contributed by atoms with E-state index in [0.29, 0.717) is 6.61 Å². The first-order chi connectivity index (χ1) is 6.42. The molecule has 0 aliphatic carbocycles. The van der Waals surface area contributed by atoms with E-state index in [1.165, 1.54) is 6.33 Å². The summed E-state index contributed by atoms with van der Waals surface area (Å²) < 4.78 is 5.44. The lowest BCUT2D eigenvalue weighted by Crippen LogP contribution is -1.93. The molecule has 2 aromatic rings. The number of hydrogen-bond acceptors (Lipinski definition) is 3. The van der Waals surface area contributed by atoms with Crippen LogP contribution in [0.3, 0.4) is 0 Å². The molecule has 1 heterocycles. The molecule has 2 rings (SSSR count). The zero-order valence-corrected chi connectivity index (χ0v) is 7.40. The number of benzene rings is 1. The molecule has 0 N–H and O–H groups in total. The van der Waals surface area contributed by atoms with Crippen LogP contribution in [0.1, 0.15) is 6.92 Å². The first-order valence-electron chi connectivity index (χ1n) is 4.23. The monoisotopic (exact) mass is 174 g/mol. The molecule has 0 saturated heterocycles. The Morgan fingerprint density at radius 2 is 2.31 bits per heavy atom. The molecule has 0 amide bonds. The van der Waals surface area contributed by atoms with Gasteiger partial charge in [0.05, 0.1) is 17.5 Å². The Morgan fingerprint density at radius 1 is 1.38 bits per heavy atom. The molecule has 0 unspecified atom stereocenters. The van der Waals surface area contributed by atoms with E-state index in [1.807, 2.05) is 25.1 Å². The van der Waals surface area contributed by atoms with Gasteiger partial charge in [0.15, 0.2) is 0 Å². The third-order valence-electron chi connectivity index (χ3n) is 1.81. The minimum atomic E-state index is 0.661. The standard InChI is InChI=1S/C10H10N2O/c1-2-13-10-5-3-4-9-8(10)6-11-7-12-9/h3-7H,2H2,1H3. The van der Waals surface area contributed by atoms with E-state index in [1.54, 1.807) is 6.20 Å². The molecule has 0 aliphatic rings. The zero-order valence-electron chi connectivity index (χ0n) is 7.40. The van der Waals surface area contributed by atoms with E-state index in [9.17, 15) is 0 Å². The highest BCUT2D eigenvalue weighted by atomic mass is 16.5. The molecule has 0 radical (unpaired) electrons. The highest BCUT2D eigenvalue weighted by molar-refractivity contribution is 5.83. The maximum absolute atomic E-state index is 5.44. The van der Waals surface area contributed by atoms with Crippen molar-refractivity contribution in [1.29, 1.82) is 0 Å². The summed E-state index contributed by atoms with van der Waals surface area (Å²) in [6.07, 6.45) is 3.31. The minimum Gasteiger partial charge on any atom is -0.493 e. The topological polar surface area (TPSA) is 35.0 Å². The van der Waals surface area contributed by atoms with Crippen molar-refractivity contribution in [2.45, 2.75) is 6.92 Å². The minimum absolute atomic E-state index is 0.661. The second-order valence-corrected chi connectivity index (χ2v) is 2.64. The smallest absolute Gasteiger partial charge is 0.130 e. The van der Waals surface area contributed by atoms with E-state index in [2.05, 4.69) is 9.97 Å². The van der Waals surface area contributed by atoms with Gasteiger partial charge >= 0.3 is 0 Å². The Hall–Kier alpha value is -1.64. The van der Waals surface area contributed by atoms with Gasteiger partial charge in [0.1, 0.15) is 12.1 Å². The van der Waals surface area contributed by atoms with Gasteiger partial charge in [-0.05, 0) is 19.1 Å². The van der Waals surface area contributed by atoms with Gasteiger partial charge < -0.3 is 4.74 Å². The van der Waals surface area contributed by atoms with Crippen molar-refractivity contribution in [2.75, 3.05) is 6.61 Å². The van der Waals surface area contributed by atoms with Crippen molar-refractivity contribution in [3.63, 3.8) is 0 Å². The van der Waals surface area contributed by atoms with Gasteiger partial charge in [-0.25, -0.2) is 9.97 Å². The van der Waals surface area contributed by atoms with Crippen molar-refractivity contribution in [2.24, 2.45) is 0 Å². The highest BCUT2D eigenvalue weighted by Crippen LogP contribution is 2.22. The van der Waals surface area contributed by atoms with Crippen LogP contribution in [0, 0.1) is 0 Å². The van der Waals surface area contributed by atoms with Gasteiger partial charge in [-0.3, -0.25) is 0 Å². The third kappa shape index (κ3) is 1.45.